The molecule has 25 heavy (non-hydrogen) atoms. The summed E-state index contributed by atoms with van der Waals surface area (Å²) in [5.41, 5.74) is 4.27. The van der Waals surface area contributed by atoms with Crippen molar-refractivity contribution in [3.8, 4) is 5.75 Å². The molecule has 0 bridgehead atoms. The van der Waals surface area contributed by atoms with Crippen molar-refractivity contribution in [3.05, 3.63) is 78.4 Å². The predicted molar refractivity (Wildman–Crippen MR) is 101 cm³/mol. The fraction of sp³-hybridized carbons (Fsp3) is 0.143. The average molecular weight is 332 g/mol. The van der Waals surface area contributed by atoms with Crippen molar-refractivity contribution in [2.24, 2.45) is 5.10 Å². The summed E-state index contributed by atoms with van der Waals surface area (Å²) in [6.45, 7) is 3.56. The van der Waals surface area contributed by atoms with Gasteiger partial charge in [-0.3, -0.25) is 4.79 Å². The number of benzene rings is 3. The predicted octanol–water partition coefficient (Wildman–Crippen LogP) is 4.15. The molecule has 126 valence electrons. The maximum absolute atomic E-state index is 12.2. The van der Waals surface area contributed by atoms with Crippen LogP contribution in [0.3, 0.4) is 0 Å². The Hall–Kier alpha value is -3.14. The van der Waals surface area contributed by atoms with Crippen LogP contribution in [0.1, 0.15) is 19.4 Å². The molecule has 0 aliphatic rings. The van der Waals surface area contributed by atoms with Crippen molar-refractivity contribution in [1.82, 2.24) is 5.43 Å². The van der Waals surface area contributed by atoms with Crippen molar-refractivity contribution in [2.75, 3.05) is 0 Å². The largest absolute Gasteiger partial charge is 0.481 e. The maximum atomic E-state index is 12.2. The topological polar surface area (TPSA) is 50.7 Å². The molecular weight excluding hydrogens is 312 g/mol. The normalized spacial score (nSPS) is 12.6. The lowest BCUT2D eigenvalue weighted by Crippen LogP contribution is -2.33. The Bertz CT molecular complexity index is 904. The van der Waals surface area contributed by atoms with Crippen LogP contribution < -0.4 is 10.2 Å². The molecule has 1 atom stereocenters. The second-order valence-corrected chi connectivity index (χ2v) is 5.81. The van der Waals surface area contributed by atoms with E-state index in [-0.39, 0.29) is 5.91 Å². The standard InChI is InChI=1S/C21H20N2O2/c1-15(17-8-4-3-5-9-17)22-23-21(24)16(2)25-20-13-12-18-10-6-7-11-19(18)14-20/h3-14,16H,1-2H3,(H,23,24)/b22-15+/t16-/m0/s1. The molecule has 0 saturated carbocycles. The van der Waals surface area contributed by atoms with E-state index in [1.165, 1.54) is 0 Å². The summed E-state index contributed by atoms with van der Waals surface area (Å²) in [4.78, 5) is 12.2. The molecule has 3 aromatic rings. The van der Waals surface area contributed by atoms with Gasteiger partial charge in [0, 0.05) is 0 Å². The smallest absolute Gasteiger partial charge is 0.280 e. The van der Waals surface area contributed by atoms with E-state index in [1.807, 2.05) is 79.7 Å². The highest BCUT2D eigenvalue weighted by Crippen LogP contribution is 2.21. The number of carbonyl (C=O) groups excluding carboxylic acids is 1. The molecule has 0 spiro atoms. The van der Waals surface area contributed by atoms with Crippen LogP contribution in [0.4, 0.5) is 0 Å². The van der Waals surface area contributed by atoms with Gasteiger partial charge < -0.3 is 4.74 Å². The Morgan fingerprint density at radius 2 is 1.64 bits per heavy atom. The summed E-state index contributed by atoms with van der Waals surface area (Å²) in [5.74, 6) is 0.369. The van der Waals surface area contributed by atoms with Crippen molar-refractivity contribution in [3.63, 3.8) is 0 Å². The van der Waals surface area contributed by atoms with Gasteiger partial charge in [-0.05, 0) is 42.3 Å². The Morgan fingerprint density at radius 1 is 0.960 bits per heavy atom. The third-order valence-corrected chi connectivity index (χ3v) is 3.93. The van der Waals surface area contributed by atoms with E-state index < -0.39 is 6.10 Å². The van der Waals surface area contributed by atoms with Gasteiger partial charge >= 0.3 is 0 Å². The molecule has 0 aromatic heterocycles. The zero-order chi connectivity index (χ0) is 17.6. The van der Waals surface area contributed by atoms with Crippen molar-refractivity contribution < 1.29 is 9.53 Å². The van der Waals surface area contributed by atoms with E-state index in [9.17, 15) is 4.79 Å². The molecule has 0 unspecified atom stereocenters. The molecular formula is C21H20N2O2. The summed E-state index contributed by atoms with van der Waals surface area (Å²) in [6, 6.07) is 23.5. The molecule has 0 heterocycles. The van der Waals surface area contributed by atoms with Gasteiger partial charge in [-0.1, -0.05) is 60.7 Å². The molecule has 0 radical (unpaired) electrons. The summed E-state index contributed by atoms with van der Waals surface area (Å²) in [6.07, 6.45) is -0.645. The van der Waals surface area contributed by atoms with E-state index in [4.69, 9.17) is 4.74 Å². The molecule has 4 nitrogen and oxygen atoms in total. The number of hydrazone groups is 1. The third kappa shape index (κ3) is 4.23. The monoisotopic (exact) mass is 332 g/mol. The molecule has 1 N–H and O–H groups in total. The summed E-state index contributed by atoms with van der Waals surface area (Å²) in [7, 11) is 0. The van der Waals surface area contributed by atoms with Gasteiger partial charge in [-0.15, -0.1) is 0 Å². The lowest BCUT2D eigenvalue weighted by atomic mass is 10.1. The number of amides is 1. The number of rotatable bonds is 5. The van der Waals surface area contributed by atoms with Crippen LogP contribution in [0.5, 0.6) is 5.75 Å². The number of hydrogen-bond donors (Lipinski definition) is 1. The SMILES string of the molecule is C/C(=N\NC(=O)[C@H](C)Oc1ccc2ccccc2c1)c1ccccc1. The highest BCUT2D eigenvalue weighted by molar-refractivity contribution is 5.99. The first-order valence-corrected chi connectivity index (χ1v) is 8.18. The summed E-state index contributed by atoms with van der Waals surface area (Å²) < 4.78 is 5.74. The van der Waals surface area contributed by atoms with Crippen LogP contribution in [0.2, 0.25) is 0 Å². The minimum absolute atomic E-state index is 0.288. The first-order valence-electron chi connectivity index (χ1n) is 8.18. The van der Waals surface area contributed by atoms with Crippen LogP contribution in [0.25, 0.3) is 10.8 Å². The third-order valence-electron chi connectivity index (χ3n) is 3.93. The number of nitrogens with zero attached hydrogens (tertiary/aromatic N) is 1. The van der Waals surface area contributed by atoms with Gasteiger partial charge in [0.05, 0.1) is 5.71 Å². The minimum Gasteiger partial charge on any atom is -0.481 e. The second kappa shape index (κ2) is 7.62. The van der Waals surface area contributed by atoms with Crippen LogP contribution in [0, 0.1) is 0 Å². The average Bonchev–Trinajstić information content (AvgIpc) is 2.66. The lowest BCUT2D eigenvalue weighted by molar-refractivity contribution is -0.127. The summed E-state index contributed by atoms with van der Waals surface area (Å²) in [5, 5.41) is 6.35. The second-order valence-electron chi connectivity index (χ2n) is 5.81. The van der Waals surface area contributed by atoms with Gasteiger partial charge in [-0.25, -0.2) is 5.43 Å². The molecule has 1 amide bonds. The zero-order valence-electron chi connectivity index (χ0n) is 14.3. The number of carbonyl (C=O) groups is 1. The van der Waals surface area contributed by atoms with Gasteiger partial charge in [0.1, 0.15) is 5.75 Å². The fourth-order valence-electron chi connectivity index (χ4n) is 2.47. The first kappa shape index (κ1) is 16.7. The Balaban J connectivity index is 1.63. The van der Waals surface area contributed by atoms with Crippen molar-refractivity contribution >= 4 is 22.4 Å². The van der Waals surface area contributed by atoms with E-state index in [0.717, 1.165) is 22.0 Å². The lowest BCUT2D eigenvalue weighted by Gasteiger charge is -2.14. The molecule has 3 aromatic carbocycles. The number of hydrogen-bond acceptors (Lipinski definition) is 3. The number of fused-ring (bicyclic) bond motifs is 1. The van der Waals surface area contributed by atoms with Crippen molar-refractivity contribution in [1.29, 1.82) is 0 Å². The van der Waals surface area contributed by atoms with Crippen LogP contribution in [-0.2, 0) is 4.79 Å². The quantitative estimate of drug-likeness (QED) is 0.564. The van der Waals surface area contributed by atoms with Crippen LogP contribution in [-0.4, -0.2) is 17.7 Å². The zero-order valence-corrected chi connectivity index (χ0v) is 14.3. The maximum Gasteiger partial charge on any atom is 0.280 e. The number of nitrogens with one attached hydrogen (secondary N) is 1. The molecule has 3 rings (SSSR count). The van der Waals surface area contributed by atoms with Gasteiger partial charge in [0.15, 0.2) is 6.10 Å². The first-order chi connectivity index (χ1) is 12.1. The molecule has 0 fully saturated rings. The van der Waals surface area contributed by atoms with Gasteiger partial charge in [0.25, 0.3) is 5.91 Å². The van der Waals surface area contributed by atoms with Crippen LogP contribution in [0.15, 0.2) is 77.9 Å². The summed E-state index contributed by atoms with van der Waals surface area (Å²) >= 11 is 0. The highest BCUT2D eigenvalue weighted by atomic mass is 16.5. The highest BCUT2D eigenvalue weighted by Gasteiger charge is 2.14. The Labute approximate surface area is 147 Å². The Morgan fingerprint density at radius 3 is 2.40 bits per heavy atom. The number of ether oxygens (including phenoxy) is 1. The minimum atomic E-state index is -0.645. The van der Waals surface area contributed by atoms with E-state index in [2.05, 4.69) is 10.5 Å². The van der Waals surface area contributed by atoms with Crippen molar-refractivity contribution in [2.45, 2.75) is 20.0 Å². The molecule has 4 heteroatoms. The Kier molecular flexibility index (Phi) is 5.09. The van der Waals surface area contributed by atoms with Crippen LogP contribution >= 0.6 is 0 Å². The van der Waals surface area contributed by atoms with E-state index in [0.29, 0.717) is 5.75 Å². The molecule has 0 aliphatic heterocycles. The fourth-order valence-corrected chi connectivity index (χ4v) is 2.47. The van der Waals surface area contributed by atoms with Gasteiger partial charge in [-0.2, -0.15) is 5.10 Å². The molecule has 0 saturated heterocycles. The molecule has 0 aliphatic carbocycles. The van der Waals surface area contributed by atoms with Gasteiger partial charge in [0.2, 0.25) is 0 Å². The van der Waals surface area contributed by atoms with E-state index in [1.54, 1.807) is 6.92 Å². The van der Waals surface area contributed by atoms with E-state index >= 15 is 0 Å².